The Labute approximate surface area is 214 Å². The molecule has 0 saturated carbocycles. The van der Waals surface area contributed by atoms with Crippen LogP contribution in [0.3, 0.4) is 0 Å². The van der Waals surface area contributed by atoms with Crippen molar-refractivity contribution in [2.75, 3.05) is 18.0 Å². The second-order valence-corrected chi connectivity index (χ2v) is 9.64. The molecule has 5 aromatic rings. The lowest BCUT2D eigenvalue weighted by molar-refractivity contribution is 0.496. The minimum Gasteiger partial charge on any atom is -0.341 e. The van der Waals surface area contributed by atoms with Crippen molar-refractivity contribution in [2.45, 2.75) is 45.8 Å². The van der Waals surface area contributed by atoms with Crippen LogP contribution in [0.5, 0.6) is 0 Å². The molecule has 1 fully saturated rings. The van der Waals surface area contributed by atoms with Crippen LogP contribution in [0.15, 0.2) is 53.3 Å². The van der Waals surface area contributed by atoms with Crippen molar-refractivity contribution < 1.29 is 0 Å². The van der Waals surface area contributed by atoms with E-state index in [2.05, 4.69) is 40.0 Å². The third-order valence-corrected chi connectivity index (χ3v) is 7.14. The number of benzene rings is 2. The molecule has 1 atom stereocenters. The molecule has 2 N–H and O–H groups in total. The average Bonchev–Trinajstić information content (AvgIpc) is 3.31. The highest BCUT2D eigenvalue weighted by Gasteiger charge is 2.25. The van der Waals surface area contributed by atoms with E-state index in [-0.39, 0.29) is 18.1 Å². The largest absolute Gasteiger partial charge is 0.341 e. The topological polar surface area (TPSA) is 94.9 Å². The lowest BCUT2D eigenvalue weighted by Gasteiger charge is -2.31. The normalized spacial score (nSPS) is 15.9. The van der Waals surface area contributed by atoms with Crippen molar-refractivity contribution in [1.82, 2.24) is 24.3 Å². The smallest absolute Gasteiger partial charge is 0.293 e. The van der Waals surface area contributed by atoms with Crippen molar-refractivity contribution in [1.29, 1.82) is 0 Å². The van der Waals surface area contributed by atoms with Gasteiger partial charge < -0.3 is 10.6 Å². The number of aryl methyl sites for hydroxylation is 1. The van der Waals surface area contributed by atoms with Gasteiger partial charge in [-0.2, -0.15) is 5.10 Å². The lowest BCUT2D eigenvalue weighted by atomic mass is 10.0. The Kier molecular flexibility index (Phi) is 5.85. The van der Waals surface area contributed by atoms with Gasteiger partial charge in [-0.25, -0.2) is 9.67 Å². The van der Waals surface area contributed by atoms with E-state index in [1.807, 2.05) is 41.8 Å². The molecule has 0 amide bonds. The summed E-state index contributed by atoms with van der Waals surface area (Å²) in [7, 11) is 0. The zero-order valence-corrected chi connectivity index (χ0v) is 21.1. The van der Waals surface area contributed by atoms with E-state index >= 15 is 0 Å². The number of fused-ring (bicyclic) bond motifs is 4. The first-order valence-corrected chi connectivity index (χ1v) is 12.7. The van der Waals surface area contributed by atoms with Gasteiger partial charge in [0.15, 0.2) is 0 Å². The molecule has 0 radical (unpaired) electrons. The molecule has 0 aliphatic carbocycles. The minimum absolute atomic E-state index is 0.0856. The fourth-order valence-electron chi connectivity index (χ4n) is 5.39. The van der Waals surface area contributed by atoms with Crippen LogP contribution in [0.4, 0.5) is 5.95 Å². The van der Waals surface area contributed by atoms with E-state index < -0.39 is 0 Å². The van der Waals surface area contributed by atoms with E-state index in [1.54, 1.807) is 6.92 Å². The number of nitrogens with two attached hydrogens (primary N) is 1. The van der Waals surface area contributed by atoms with Crippen molar-refractivity contribution in [2.24, 2.45) is 5.73 Å². The van der Waals surface area contributed by atoms with Gasteiger partial charge in [-0.15, -0.1) is 5.92 Å². The molecule has 1 unspecified atom stereocenters. The molecule has 0 spiro atoms. The number of para-hydroxylation sites is 1. The molecular weight excluding hydrogens is 462 g/mol. The summed E-state index contributed by atoms with van der Waals surface area (Å²) >= 11 is 0. The molecule has 1 aliphatic rings. The highest BCUT2D eigenvalue weighted by Crippen LogP contribution is 2.28. The van der Waals surface area contributed by atoms with Gasteiger partial charge in [0.25, 0.3) is 5.56 Å². The first-order chi connectivity index (χ1) is 18.0. The van der Waals surface area contributed by atoms with Crippen LogP contribution < -0.4 is 16.2 Å². The first-order valence-electron chi connectivity index (χ1n) is 12.7. The summed E-state index contributed by atoms with van der Waals surface area (Å²) in [5.74, 6) is 6.82. The Balaban J connectivity index is 1.53. The molecule has 1 saturated heterocycles. The second kappa shape index (κ2) is 9.34. The van der Waals surface area contributed by atoms with Gasteiger partial charge in [0.2, 0.25) is 5.95 Å². The fraction of sp³-hybridized carbons (Fsp3) is 0.310. The van der Waals surface area contributed by atoms with Gasteiger partial charge in [0.05, 0.1) is 30.0 Å². The van der Waals surface area contributed by atoms with Crippen LogP contribution in [-0.4, -0.2) is 43.4 Å². The average molecular weight is 492 g/mol. The van der Waals surface area contributed by atoms with Crippen LogP contribution in [-0.2, 0) is 13.1 Å². The number of hydrogen-bond acceptors (Lipinski definition) is 6. The Morgan fingerprint density at radius 2 is 1.81 bits per heavy atom. The molecule has 0 bridgehead atoms. The Morgan fingerprint density at radius 1 is 1.05 bits per heavy atom. The second-order valence-electron chi connectivity index (χ2n) is 9.64. The van der Waals surface area contributed by atoms with Crippen molar-refractivity contribution in [3.63, 3.8) is 0 Å². The summed E-state index contributed by atoms with van der Waals surface area (Å²) in [6, 6.07) is 16.4. The molecular formula is C29H29N7O. The minimum atomic E-state index is -0.197. The van der Waals surface area contributed by atoms with Gasteiger partial charge in [-0.3, -0.25) is 14.3 Å². The molecule has 37 heavy (non-hydrogen) atoms. The standard InChI is InChI=1S/C29H29N7O/c1-3-4-16-35-27-26(32-29(35)34-15-9-10-20(30)17-34)19(2)33-36(28(27)37)18-25-23-13-6-5-11-21(23)22-12-7-8-14-24(22)31-25/h5-8,11-14,20H,9-10,15-18,30H2,1-2H3. The number of aromatic nitrogens is 5. The van der Waals surface area contributed by atoms with Crippen LogP contribution in [0, 0.1) is 18.8 Å². The predicted octanol–water partition coefficient (Wildman–Crippen LogP) is 3.60. The SMILES string of the molecule is CC#CCn1c(N2CCCC(N)C2)nc2c(C)nn(Cc3nc4ccccc4c4ccccc34)c(=O)c21. The van der Waals surface area contributed by atoms with Gasteiger partial charge in [-0.05, 0) is 38.1 Å². The van der Waals surface area contributed by atoms with Gasteiger partial charge >= 0.3 is 0 Å². The van der Waals surface area contributed by atoms with Crippen molar-refractivity contribution in [3.05, 3.63) is 70.3 Å². The number of rotatable bonds is 4. The first kappa shape index (κ1) is 23.2. The number of hydrogen-bond donors (Lipinski definition) is 1. The maximum absolute atomic E-state index is 13.9. The molecule has 186 valence electrons. The number of nitrogens with zero attached hydrogens (tertiary/aromatic N) is 6. The lowest BCUT2D eigenvalue weighted by Crippen LogP contribution is -2.44. The summed E-state index contributed by atoms with van der Waals surface area (Å²) in [5, 5.41) is 7.91. The third kappa shape index (κ3) is 4.02. The summed E-state index contributed by atoms with van der Waals surface area (Å²) in [5.41, 5.74) is 9.62. The van der Waals surface area contributed by atoms with E-state index in [0.717, 1.165) is 52.7 Å². The van der Waals surface area contributed by atoms with Crippen molar-refractivity contribution in [3.8, 4) is 11.8 Å². The molecule has 4 heterocycles. The maximum atomic E-state index is 13.9. The molecule has 8 nitrogen and oxygen atoms in total. The molecule has 6 rings (SSSR count). The van der Waals surface area contributed by atoms with Gasteiger partial charge in [0, 0.05) is 29.9 Å². The van der Waals surface area contributed by atoms with E-state index in [1.165, 1.54) is 4.68 Å². The fourth-order valence-corrected chi connectivity index (χ4v) is 5.39. The van der Waals surface area contributed by atoms with Crippen LogP contribution >= 0.6 is 0 Å². The summed E-state index contributed by atoms with van der Waals surface area (Å²) in [6.45, 7) is 5.90. The third-order valence-electron chi connectivity index (χ3n) is 7.14. The number of piperidine rings is 1. The van der Waals surface area contributed by atoms with Gasteiger partial charge in [0.1, 0.15) is 11.0 Å². The van der Waals surface area contributed by atoms with E-state index in [9.17, 15) is 4.79 Å². The quantitative estimate of drug-likeness (QED) is 0.305. The van der Waals surface area contributed by atoms with Crippen LogP contribution in [0.1, 0.15) is 31.2 Å². The monoisotopic (exact) mass is 491 g/mol. The number of pyridine rings is 1. The Bertz CT molecular complexity index is 1770. The summed E-state index contributed by atoms with van der Waals surface area (Å²) in [4.78, 5) is 26.0. The highest BCUT2D eigenvalue weighted by molar-refractivity contribution is 6.06. The zero-order valence-electron chi connectivity index (χ0n) is 21.1. The number of imidazole rings is 1. The van der Waals surface area contributed by atoms with Crippen molar-refractivity contribution >= 4 is 38.7 Å². The Morgan fingerprint density at radius 3 is 2.59 bits per heavy atom. The molecule has 1 aliphatic heterocycles. The maximum Gasteiger partial charge on any atom is 0.293 e. The number of anilines is 1. The molecule has 3 aromatic heterocycles. The van der Waals surface area contributed by atoms with Crippen LogP contribution in [0.25, 0.3) is 32.7 Å². The summed E-state index contributed by atoms with van der Waals surface area (Å²) in [6.07, 6.45) is 1.98. The van der Waals surface area contributed by atoms with E-state index in [0.29, 0.717) is 29.8 Å². The molecule has 8 heteroatoms. The summed E-state index contributed by atoms with van der Waals surface area (Å²) < 4.78 is 3.45. The highest BCUT2D eigenvalue weighted by atomic mass is 16.1. The van der Waals surface area contributed by atoms with E-state index in [4.69, 9.17) is 15.7 Å². The predicted molar refractivity (Wildman–Crippen MR) is 148 cm³/mol. The molecule has 2 aromatic carbocycles. The van der Waals surface area contributed by atoms with Gasteiger partial charge in [-0.1, -0.05) is 48.4 Å². The zero-order chi connectivity index (χ0) is 25.5. The Hall–Kier alpha value is -4.22. The van der Waals surface area contributed by atoms with Crippen LogP contribution in [0.2, 0.25) is 0 Å².